The number of aliphatic hydroxyl groups excluding tert-OH is 1. The zero-order chi connectivity index (χ0) is 22.5. The Bertz CT molecular complexity index is 627. The third kappa shape index (κ3) is 6.64. The van der Waals surface area contributed by atoms with E-state index >= 15 is 0 Å². The highest BCUT2D eigenvalue weighted by atomic mass is 16.6. The number of rotatable bonds is 11. The minimum Gasteiger partial charge on any atom is -0.481 e. The lowest BCUT2D eigenvalue weighted by atomic mass is 9.88. The molecular weight excluding hydrogens is 384 g/mol. The topological polar surface area (TPSA) is 88.5 Å². The van der Waals surface area contributed by atoms with Crippen molar-refractivity contribution in [3.05, 3.63) is 23.8 Å². The summed E-state index contributed by atoms with van der Waals surface area (Å²) in [7, 11) is 1.63. The Morgan fingerprint density at radius 1 is 1.33 bits per heavy atom. The third-order valence-corrected chi connectivity index (χ3v) is 6.64. The fourth-order valence-electron chi connectivity index (χ4n) is 4.84. The second-order valence-electron chi connectivity index (χ2n) is 9.36. The monoisotopic (exact) mass is 424 g/mol. The van der Waals surface area contributed by atoms with Crippen molar-refractivity contribution in [2.24, 2.45) is 11.8 Å². The van der Waals surface area contributed by atoms with Crippen molar-refractivity contribution in [3.63, 3.8) is 0 Å². The molecule has 6 nitrogen and oxygen atoms in total. The fraction of sp³-hybridized carbons (Fsp3) is 0.792. The highest BCUT2D eigenvalue weighted by molar-refractivity contribution is 5.67. The van der Waals surface area contributed by atoms with E-state index in [2.05, 4.69) is 45.9 Å². The molecular formula is C24H40O6. The summed E-state index contributed by atoms with van der Waals surface area (Å²) in [5, 5.41) is 18.9. The Kier molecular flexibility index (Phi) is 9.10. The smallest absolute Gasteiger partial charge is 0.305 e. The van der Waals surface area contributed by atoms with Crippen molar-refractivity contribution in [1.29, 1.82) is 0 Å². The van der Waals surface area contributed by atoms with Crippen LogP contribution < -0.4 is 0 Å². The predicted molar refractivity (Wildman–Crippen MR) is 116 cm³/mol. The first-order valence-corrected chi connectivity index (χ1v) is 11.2. The van der Waals surface area contributed by atoms with Gasteiger partial charge in [0.15, 0.2) is 0 Å². The first kappa shape index (κ1) is 25.1. The minimum atomic E-state index is -0.802. The van der Waals surface area contributed by atoms with Gasteiger partial charge in [-0.2, -0.15) is 0 Å². The van der Waals surface area contributed by atoms with Gasteiger partial charge >= 0.3 is 5.97 Å². The van der Waals surface area contributed by atoms with E-state index in [-0.39, 0.29) is 42.4 Å². The molecule has 2 heterocycles. The molecule has 2 rings (SSSR count). The second kappa shape index (κ2) is 10.9. The summed E-state index contributed by atoms with van der Waals surface area (Å²) in [5.74, 6) is -0.276. The molecule has 0 aromatic rings. The first-order valence-electron chi connectivity index (χ1n) is 11.2. The van der Waals surface area contributed by atoms with Crippen LogP contribution in [0, 0.1) is 11.8 Å². The number of ether oxygens (including phenoxy) is 3. The molecule has 0 aromatic carbocycles. The van der Waals surface area contributed by atoms with Gasteiger partial charge < -0.3 is 24.4 Å². The highest BCUT2D eigenvalue weighted by Gasteiger charge is 2.56. The molecule has 6 heteroatoms. The van der Waals surface area contributed by atoms with Crippen LogP contribution in [0.4, 0.5) is 0 Å². The van der Waals surface area contributed by atoms with Gasteiger partial charge in [0.1, 0.15) is 0 Å². The SMILES string of the molecule is CO[C@H]([C@@H](C)[C@H]1O[C@]1(C)CC/C=C/C=C(\C)[C@H]1O[C@@H](CC(=O)O)CC[C@@H]1C)[C@@H](C)O. The Labute approximate surface area is 181 Å². The fourth-order valence-corrected chi connectivity index (χ4v) is 4.84. The van der Waals surface area contributed by atoms with Crippen molar-refractivity contribution < 1.29 is 29.2 Å². The van der Waals surface area contributed by atoms with Crippen LogP contribution in [0.3, 0.4) is 0 Å². The summed E-state index contributed by atoms with van der Waals surface area (Å²) in [6, 6.07) is 0. The molecule has 0 saturated carbocycles. The van der Waals surface area contributed by atoms with Crippen LogP contribution in [-0.2, 0) is 19.0 Å². The molecule has 0 radical (unpaired) electrons. The molecule has 2 saturated heterocycles. The number of carboxylic acids is 1. The second-order valence-corrected chi connectivity index (χ2v) is 9.36. The molecule has 30 heavy (non-hydrogen) atoms. The van der Waals surface area contributed by atoms with E-state index in [0.29, 0.717) is 5.92 Å². The molecule has 2 aliphatic heterocycles. The number of carbonyl (C=O) groups is 1. The van der Waals surface area contributed by atoms with Crippen LogP contribution in [0.2, 0.25) is 0 Å². The van der Waals surface area contributed by atoms with Gasteiger partial charge in [0.25, 0.3) is 0 Å². The first-order chi connectivity index (χ1) is 14.1. The Hall–Kier alpha value is -1.21. The molecule has 0 bridgehead atoms. The molecule has 0 aromatic heterocycles. The van der Waals surface area contributed by atoms with E-state index in [9.17, 15) is 9.90 Å². The normalized spacial score (nSPS) is 35.2. The van der Waals surface area contributed by atoms with Gasteiger partial charge in [0.2, 0.25) is 0 Å². The predicted octanol–water partition coefficient (Wildman–Crippen LogP) is 4.12. The number of methoxy groups -OCH3 is 1. The molecule has 172 valence electrons. The van der Waals surface area contributed by atoms with E-state index in [1.54, 1.807) is 14.0 Å². The van der Waals surface area contributed by atoms with Gasteiger partial charge in [-0.3, -0.25) is 4.79 Å². The van der Waals surface area contributed by atoms with Crippen molar-refractivity contribution in [2.75, 3.05) is 7.11 Å². The van der Waals surface area contributed by atoms with Crippen LogP contribution in [0.5, 0.6) is 0 Å². The zero-order valence-electron chi connectivity index (χ0n) is 19.3. The number of allylic oxidation sites excluding steroid dienone is 3. The van der Waals surface area contributed by atoms with Gasteiger partial charge in [-0.05, 0) is 57.9 Å². The van der Waals surface area contributed by atoms with E-state index < -0.39 is 12.1 Å². The number of hydrogen-bond acceptors (Lipinski definition) is 5. The van der Waals surface area contributed by atoms with Crippen molar-refractivity contribution in [3.8, 4) is 0 Å². The summed E-state index contributed by atoms with van der Waals surface area (Å²) in [6.07, 6.45) is 9.11. The van der Waals surface area contributed by atoms with Gasteiger partial charge in [0, 0.05) is 13.0 Å². The number of carboxylic acid groups (broad SMARTS) is 1. The summed E-state index contributed by atoms with van der Waals surface area (Å²) >= 11 is 0. The van der Waals surface area contributed by atoms with Crippen LogP contribution in [0.25, 0.3) is 0 Å². The molecule has 8 atom stereocenters. The average molecular weight is 425 g/mol. The lowest BCUT2D eigenvalue weighted by Gasteiger charge is -2.35. The molecule has 2 N–H and O–H groups in total. The Morgan fingerprint density at radius 3 is 2.63 bits per heavy atom. The summed E-state index contributed by atoms with van der Waals surface area (Å²) in [5.41, 5.74) is 0.966. The Balaban J connectivity index is 1.81. The molecule has 0 aliphatic carbocycles. The molecule has 2 fully saturated rings. The van der Waals surface area contributed by atoms with Crippen molar-refractivity contribution in [2.45, 2.75) is 103 Å². The highest BCUT2D eigenvalue weighted by Crippen LogP contribution is 2.46. The van der Waals surface area contributed by atoms with E-state index in [0.717, 1.165) is 31.3 Å². The standard InChI is InChI=1S/C24H40O6/c1-15(21-16(2)11-12-19(29-21)14-20(26)27)10-8-7-9-13-24(5)23(30-24)17(3)22(28-6)18(4)25/h7-8,10,16-19,21-23,25H,9,11-14H2,1-6H3,(H,26,27)/b8-7+,15-10+/t16-,17+,18+,19+,21+,22+,23+,24+/m0/s1. The molecule has 2 aliphatic rings. The number of epoxide rings is 1. The summed E-state index contributed by atoms with van der Waals surface area (Å²) in [4.78, 5) is 11.0. The Morgan fingerprint density at radius 2 is 2.03 bits per heavy atom. The van der Waals surface area contributed by atoms with Crippen LogP contribution in [-0.4, -0.2) is 59.4 Å². The van der Waals surface area contributed by atoms with Gasteiger partial charge in [0.05, 0.1) is 42.5 Å². The lowest BCUT2D eigenvalue weighted by Crippen LogP contribution is -2.36. The van der Waals surface area contributed by atoms with Crippen molar-refractivity contribution >= 4 is 5.97 Å². The van der Waals surface area contributed by atoms with Gasteiger partial charge in [-0.15, -0.1) is 0 Å². The number of aliphatic hydroxyl groups is 1. The van der Waals surface area contributed by atoms with E-state index in [1.807, 2.05) is 0 Å². The lowest BCUT2D eigenvalue weighted by molar-refractivity contribution is -0.143. The zero-order valence-corrected chi connectivity index (χ0v) is 19.3. The maximum atomic E-state index is 11.0. The van der Waals surface area contributed by atoms with Crippen LogP contribution >= 0.6 is 0 Å². The van der Waals surface area contributed by atoms with E-state index in [1.165, 1.54) is 0 Å². The third-order valence-electron chi connectivity index (χ3n) is 6.64. The maximum absolute atomic E-state index is 11.0. The van der Waals surface area contributed by atoms with E-state index in [4.69, 9.17) is 19.3 Å². The molecule has 0 unspecified atom stereocenters. The summed E-state index contributed by atoms with van der Waals surface area (Å²) in [6.45, 7) is 10.2. The van der Waals surface area contributed by atoms with Crippen LogP contribution in [0.15, 0.2) is 23.8 Å². The quantitative estimate of drug-likeness (QED) is 0.383. The number of aliphatic carboxylic acids is 1. The largest absolute Gasteiger partial charge is 0.481 e. The summed E-state index contributed by atoms with van der Waals surface area (Å²) < 4.78 is 17.5. The molecule has 0 spiro atoms. The minimum absolute atomic E-state index is 0.0197. The van der Waals surface area contributed by atoms with Gasteiger partial charge in [-0.1, -0.05) is 32.1 Å². The average Bonchev–Trinajstić information content (AvgIpc) is 3.34. The maximum Gasteiger partial charge on any atom is 0.305 e. The van der Waals surface area contributed by atoms with Crippen molar-refractivity contribution in [1.82, 2.24) is 0 Å². The number of hydrogen-bond donors (Lipinski definition) is 2. The van der Waals surface area contributed by atoms with Crippen LogP contribution in [0.1, 0.15) is 66.7 Å². The van der Waals surface area contributed by atoms with Gasteiger partial charge in [-0.25, -0.2) is 0 Å². The molecule has 0 amide bonds.